The second kappa shape index (κ2) is 10.5. The fourth-order valence-corrected chi connectivity index (χ4v) is 3.41. The SMILES string of the molecule is CN=C(NCCNC(=O)c1cccnc1)NC(C)c1cccc(N2CCCC2)c1. The second-order valence-electron chi connectivity index (χ2n) is 7.15. The van der Waals surface area contributed by atoms with Crippen LogP contribution in [0.5, 0.6) is 0 Å². The number of anilines is 1. The number of guanidine groups is 1. The predicted octanol–water partition coefficient (Wildman–Crippen LogP) is 2.34. The molecule has 1 saturated heterocycles. The summed E-state index contributed by atoms with van der Waals surface area (Å²) in [4.78, 5) is 22.7. The average molecular weight is 395 g/mol. The molecular formula is C22H30N6O. The van der Waals surface area contributed by atoms with Gasteiger partial charge in [0.05, 0.1) is 11.6 Å². The monoisotopic (exact) mass is 394 g/mol. The molecule has 1 aromatic heterocycles. The molecule has 2 aromatic rings. The van der Waals surface area contributed by atoms with Gasteiger partial charge in [0, 0.05) is 51.3 Å². The van der Waals surface area contributed by atoms with E-state index in [1.165, 1.54) is 24.1 Å². The van der Waals surface area contributed by atoms with Gasteiger partial charge in [0.1, 0.15) is 0 Å². The number of nitrogens with one attached hydrogen (secondary N) is 3. The topological polar surface area (TPSA) is 81.6 Å². The number of aliphatic imine (C=N–C) groups is 1. The summed E-state index contributed by atoms with van der Waals surface area (Å²) >= 11 is 0. The normalized spacial score (nSPS) is 15.1. The van der Waals surface area contributed by atoms with Crippen molar-refractivity contribution in [1.29, 1.82) is 0 Å². The van der Waals surface area contributed by atoms with Gasteiger partial charge in [-0.2, -0.15) is 0 Å². The highest BCUT2D eigenvalue weighted by molar-refractivity contribution is 5.93. The first-order valence-electron chi connectivity index (χ1n) is 10.2. The fraction of sp³-hybridized carbons (Fsp3) is 0.409. The van der Waals surface area contributed by atoms with Crippen molar-refractivity contribution in [3.63, 3.8) is 0 Å². The van der Waals surface area contributed by atoms with Gasteiger partial charge in [0.25, 0.3) is 5.91 Å². The molecule has 0 radical (unpaired) electrons. The lowest BCUT2D eigenvalue weighted by atomic mass is 10.1. The number of carbonyl (C=O) groups is 1. The number of benzene rings is 1. The van der Waals surface area contributed by atoms with Gasteiger partial charge in [-0.25, -0.2) is 0 Å². The van der Waals surface area contributed by atoms with Crippen LogP contribution >= 0.6 is 0 Å². The Morgan fingerprint density at radius 2 is 1.97 bits per heavy atom. The Labute approximate surface area is 172 Å². The molecule has 7 heteroatoms. The van der Waals surface area contributed by atoms with E-state index in [9.17, 15) is 4.79 Å². The molecule has 7 nitrogen and oxygen atoms in total. The van der Waals surface area contributed by atoms with E-state index in [2.05, 4.69) is 62.0 Å². The largest absolute Gasteiger partial charge is 0.372 e. The molecule has 1 atom stereocenters. The summed E-state index contributed by atoms with van der Waals surface area (Å²) in [7, 11) is 1.75. The van der Waals surface area contributed by atoms with Gasteiger partial charge in [-0.15, -0.1) is 0 Å². The Balaban J connectivity index is 1.46. The lowest BCUT2D eigenvalue weighted by Gasteiger charge is -2.22. The van der Waals surface area contributed by atoms with Crippen molar-refractivity contribution in [2.75, 3.05) is 38.1 Å². The van der Waals surface area contributed by atoms with E-state index >= 15 is 0 Å². The maximum atomic E-state index is 12.0. The minimum atomic E-state index is -0.130. The molecule has 0 spiro atoms. The second-order valence-corrected chi connectivity index (χ2v) is 7.15. The van der Waals surface area contributed by atoms with Crippen molar-refractivity contribution in [1.82, 2.24) is 20.9 Å². The lowest BCUT2D eigenvalue weighted by Crippen LogP contribution is -2.42. The van der Waals surface area contributed by atoms with Crippen molar-refractivity contribution < 1.29 is 4.79 Å². The standard InChI is InChI=1S/C22H30N6O/c1-17(18-7-5-9-20(15-18)28-13-3-4-14-28)27-22(23-2)26-12-11-25-21(29)19-8-6-10-24-16-19/h5-10,15-17H,3-4,11-14H2,1-2H3,(H,25,29)(H2,23,26,27). The molecule has 29 heavy (non-hydrogen) atoms. The molecule has 0 saturated carbocycles. The summed E-state index contributed by atoms with van der Waals surface area (Å²) in [5.41, 5.74) is 3.07. The minimum Gasteiger partial charge on any atom is -0.372 e. The summed E-state index contributed by atoms with van der Waals surface area (Å²) in [5.74, 6) is 0.578. The van der Waals surface area contributed by atoms with Crippen LogP contribution in [0.3, 0.4) is 0 Å². The van der Waals surface area contributed by atoms with E-state index in [0.717, 1.165) is 13.1 Å². The summed E-state index contributed by atoms with van der Waals surface area (Å²) in [6.07, 6.45) is 5.75. The average Bonchev–Trinajstić information content (AvgIpc) is 3.31. The van der Waals surface area contributed by atoms with E-state index in [4.69, 9.17) is 0 Å². The number of hydrogen-bond acceptors (Lipinski definition) is 4. The van der Waals surface area contributed by atoms with Crippen molar-refractivity contribution in [2.45, 2.75) is 25.8 Å². The Bertz CT molecular complexity index is 817. The van der Waals surface area contributed by atoms with E-state index in [-0.39, 0.29) is 11.9 Å². The summed E-state index contributed by atoms with van der Waals surface area (Å²) in [6.45, 7) is 5.47. The van der Waals surface area contributed by atoms with Crippen LogP contribution in [-0.4, -0.2) is 50.1 Å². The zero-order chi connectivity index (χ0) is 20.5. The highest BCUT2D eigenvalue weighted by Crippen LogP contribution is 2.23. The number of rotatable bonds is 7. The number of nitrogens with zero attached hydrogens (tertiary/aromatic N) is 3. The highest BCUT2D eigenvalue weighted by atomic mass is 16.1. The molecule has 3 rings (SSSR count). The minimum absolute atomic E-state index is 0.119. The van der Waals surface area contributed by atoms with Crippen LogP contribution in [0.25, 0.3) is 0 Å². The van der Waals surface area contributed by atoms with E-state index in [1.807, 2.05) is 0 Å². The number of amides is 1. The zero-order valence-corrected chi connectivity index (χ0v) is 17.2. The lowest BCUT2D eigenvalue weighted by molar-refractivity contribution is 0.0954. The molecule has 1 amide bonds. The third-order valence-electron chi connectivity index (χ3n) is 5.04. The van der Waals surface area contributed by atoms with E-state index < -0.39 is 0 Å². The van der Waals surface area contributed by atoms with Crippen molar-refractivity contribution >= 4 is 17.6 Å². The zero-order valence-electron chi connectivity index (χ0n) is 17.2. The third kappa shape index (κ3) is 5.94. The van der Waals surface area contributed by atoms with Gasteiger partial charge in [0.15, 0.2) is 5.96 Å². The summed E-state index contributed by atoms with van der Waals surface area (Å²) in [5, 5.41) is 9.54. The number of pyridine rings is 1. The van der Waals surface area contributed by atoms with Crippen LogP contribution in [0.2, 0.25) is 0 Å². The first kappa shape index (κ1) is 20.6. The maximum Gasteiger partial charge on any atom is 0.252 e. The van der Waals surface area contributed by atoms with E-state index in [0.29, 0.717) is 24.6 Å². The number of aromatic nitrogens is 1. The maximum absolute atomic E-state index is 12.0. The molecule has 2 heterocycles. The molecule has 154 valence electrons. The molecule has 0 bridgehead atoms. The highest BCUT2D eigenvalue weighted by Gasteiger charge is 2.14. The van der Waals surface area contributed by atoms with Gasteiger partial charge in [0.2, 0.25) is 0 Å². The van der Waals surface area contributed by atoms with Gasteiger partial charge in [-0.1, -0.05) is 12.1 Å². The van der Waals surface area contributed by atoms with Gasteiger partial charge in [-0.3, -0.25) is 14.8 Å². The van der Waals surface area contributed by atoms with Crippen molar-refractivity contribution in [3.05, 3.63) is 59.9 Å². The van der Waals surface area contributed by atoms with Crippen LogP contribution in [0.15, 0.2) is 53.8 Å². The van der Waals surface area contributed by atoms with Gasteiger partial charge in [-0.05, 0) is 49.6 Å². The molecule has 1 unspecified atom stereocenters. The number of carbonyl (C=O) groups excluding carboxylic acids is 1. The summed E-state index contributed by atoms with van der Waals surface area (Å²) < 4.78 is 0. The summed E-state index contributed by atoms with van der Waals surface area (Å²) in [6, 6.07) is 12.3. The van der Waals surface area contributed by atoms with Crippen LogP contribution in [0.1, 0.15) is 41.7 Å². The third-order valence-corrected chi connectivity index (χ3v) is 5.04. The molecule has 3 N–H and O–H groups in total. The quantitative estimate of drug-likeness (QED) is 0.382. The Morgan fingerprint density at radius 1 is 1.17 bits per heavy atom. The predicted molar refractivity (Wildman–Crippen MR) is 117 cm³/mol. The van der Waals surface area contributed by atoms with E-state index in [1.54, 1.807) is 31.6 Å². The first-order valence-corrected chi connectivity index (χ1v) is 10.2. The molecular weight excluding hydrogens is 364 g/mol. The molecule has 1 aliphatic heterocycles. The fourth-order valence-electron chi connectivity index (χ4n) is 3.41. The first-order chi connectivity index (χ1) is 14.2. The molecule has 1 fully saturated rings. The Morgan fingerprint density at radius 3 is 2.69 bits per heavy atom. The van der Waals surface area contributed by atoms with Gasteiger partial charge < -0.3 is 20.9 Å². The molecule has 1 aliphatic rings. The molecule has 1 aromatic carbocycles. The van der Waals surface area contributed by atoms with Crippen LogP contribution < -0.4 is 20.9 Å². The van der Waals surface area contributed by atoms with Crippen molar-refractivity contribution in [2.24, 2.45) is 4.99 Å². The number of hydrogen-bond donors (Lipinski definition) is 3. The Kier molecular flexibility index (Phi) is 7.44. The van der Waals surface area contributed by atoms with Crippen LogP contribution in [-0.2, 0) is 0 Å². The molecule has 0 aliphatic carbocycles. The Hall–Kier alpha value is -3.09. The van der Waals surface area contributed by atoms with Crippen LogP contribution in [0, 0.1) is 0 Å². The van der Waals surface area contributed by atoms with Gasteiger partial charge >= 0.3 is 0 Å². The smallest absolute Gasteiger partial charge is 0.252 e. The van der Waals surface area contributed by atoms with Crippen LogP contribution in [0.4, 0.5) is 5.69 Å². The van der Waals surface area contributed by atoms with Crippen molar-refractivity contribution in [3.8, 4) is 0 Å².